The number of hydrogen-bond acceptors (Lipinski definition) is 3. The summed E-state index contributed by atoms with van der Waals surface area (Å²) in [5.74, 6) is -0.343. The van der Waals surface area contributed by atoms with Crippen molar-refractivity contribution in [1.82, 2.24) is 0 Å². The van der Waals surface area contributed by atoms with Crippen molar-refractivity contribution in [2.75, 3.05) is 6.26 Å². The number of benzene rings is 1. The maximum absolute atomic E-state index is 13.4. The first kappa shape index (κ1) is 11.3. The molecule has 0 saturated carbocycles. The van der Waals surface area contributed by atoms with Gasteiger partial charge in [0.2, 0.25) is 0 Å². The topological polar surface area (TPSA) is 34.1 Å². The van der Waals surface area contributed by atoms with E-state index in [-0.39, 0.29) is 10.0 Å². The van der Waals surface area contributed by atoms with Gasteiger partial charge >= 0.3 is 0 Å². The molecule has 0 saturated heterocycles. The molecule has 0 aliphatic carbocycles. The third-order valence-corrected chi connectivity index (χ3v) is 5.02. The van der Waals surface area contributed by atoms with E-state index in [2.05, 4.69) is 0 Å². The Bertz CT molecular complexity index is 614. The van der Waals surface area contributed by atoms with E-state index in [0.29, 0.717) is 10.4 Å². The van der Waals surface area contributed by atoms with Crippen LogP contribution in [0.5, 0.6) is 0 Å². The van der Waals surface area contributed by atoms with Crippen LogP contribution in [0.15, 0.2) is 40.6 Å². The SMILES string of the molecule is CS(=O)(=O)c1ccc(-c2ccccc2F)s1. The first-order valence-corrected chi connectivity index (χ1v) is 7.24. The zero-order valence-electron chi connectivity index (χ0n) is 8.48. The summed E-state index contributed by atoms with van der Waals surface area (Å²) in [6.07, 6.45) is 1.14. The molecule has 1 heterocycles. The molecular weight excluding hydrogens is 247 g/mol. The van der Waals surface area contributed by atoms with Gasteiger partial charge in [-0.15, -0.1) is 11.3 Å². The fourth-order valence-corrected chi connectivity index (χ4v) is 3.28. The zero-order chi connectivity index (χ0) is 11.8. The number of rotatable bonds is 2. The van der Waals surface area contributed by atoms with E-state index in [4.69, 9.17) is 0 Å². The van der Waals surface area contributed by atoms with E-state index in [0.717, 1.165) is 17.6 Å². The Labute approximate surface area is 97.3 Å². The highest BCUT2D eigenvalue weighted by molar-refractivity contribution is 7.92. The fourth-order valence-electron chi connectivity index (χ4n) is 1.33. The summed E-state index contributed by atoms with van der Waals surface area (Å²) in [6, 6.07) is 9.44. The van der Waals surface area contributed by atoms with Gasteiger partial charge in [-0.1, -0.05) is 18.2 Å². The van der Waals surface area contributed by atoms with Crippen molar-refractivity contribution >= 4 is 21.2 Å². The Morgan fingerprint density at radius 1 is 1.12 bits per heavy atom. The van der Waals surface area contributed by atoms with Gasteiger partial charge < -0.3 is 0 Å². The number of thiophene rings is 1. The summed E-state index contributed by atoms with van der Waals surface area (Å²) >= 11 is 1.08. The largest absolute Gasteiger partial charge is 0.223 e. The van der Waals surface area contributed by atoms with Crippen LogP contribution in [0.4, 0.5) is 4.39 Å². The molecule has 0 N–H and O–H groups in total. The van der Waals surface area contributed by atoms with Gasteiger partial charge in [0, 0.05) is 16.7 Å². The van der Waals surface area contributed by atoms with Crippen molar-refractivity contribution in [3.63, 3.8) is 0 Å². The van der Waals surface area contributed by atoms with Crippen LogP contribution in [0.2, 0.25) is 0 Å². The minimum Gasteiger partial charge on any atom is -0.223 e. The van der Waals surface area contributed by atoms with Crippen molar-refractivity contribution in [3.05, 3.63) is 42.2 Å². The fraction of sp³-hybridized carbons (Fsp3) is 0.0909. The van der Waals surface area contributed by atoms with E-state index in [9.17, 15) is 12.8 Å². The number of halogens is 1. The molecule has 0 spiro atoms. The second kappa shape index (κ2) is 3.99. The molecule has 0 unspecified atom stereocenters. The molecule has 0 aliphatic rings. The molecule has 84 valence electrons. The van der Waals surface area contributed by atoms with Crippen molar-refractivity contribution < 1.29 is 12.8 Å². The Kier molecular flexibility index (Phi) is 2.82. The molecule has 0 amide bonds. The van der Waals surface area contributed by atoms with Gasteiger partial charge in [-0.05, 0) is 18.2 Å². The van der Waals surface area contributed by atoms with E-state index >= 15 is 0 Å². The normalized spacial score (nSPS) is 11.6. The average molecular weight is 256 g/mol. The maximum Gasteiger partial charge on any atom is 0.184 e. The van der Waals surface area contributed by atoms with Crippen LogP contribution in [0.3, 0.4) is 0 Å². The number of hydrogen-bond donors (Lipinski definition) is 0. The lowest BCUT2D eigenvalue weighted by Gasteiger charge is -1.98. The molecule has 0 bridgehead atoms. The van der Waals surface area contributed by atoms with Gasteiger partial charge in [-0.3, -0.25) is 0 Å². The summed E-state index contributed by atoms with van der Waals surface area (Å²) in [6.45, 7) is 0. The first-order valence-electron chi connectivity index (χ1n) is 4.53. The van der Waals surface area contributed by atoms with Gasteiger partial charge in [0.05, 0.1) is 0 Å². The quantitative estimate of drug-likeness (QED) is 0.828. The lowest BCUT2D eigenvalue weighted by Crippen LogP contribution is -1.91. The molecular formula is C11H9FO2S2. The first-order chi connectivity index (χ1) is 7.48. The molecule has 0 fully saturated rings. The summed E-state index contributed by atoms with van der Waals surface area (Å²) in [7, 11) is -3.21. The highest BCUT2D eigenvalue weighted by Gasteiger charge is 2.13. The third-order valence-electron chi connectivity index (χ3n) is 2.09. The summed E-state index contributed by atoms with van der Waals surface area (Å²) in [4.78, 5) is 0.624. The molecule has 16 heavy (non-hydrogen) atoms. The molecule has 0 atom stereocenters. The van der Waals surface area contributed by atoms with Crippen LogP contribution in [-0.4, -0.2) is 14.7 Å². The Morgan fingerprint density at radius 3 is 2.38 bits per heavy atom. The summed E-state index contributed by atoms with van der Waals surface area (Å²) in [5, 5.41) is 0. The second-order valence-corrected chi connectivity index (χ2v) is 6.70. The summed E-state index contributed by atoms with van der Waals surface area (Å²) in [5.41, 5.74) is 0.433. The Balaban J connectivity index is 2.52. The van der Waals surface area contributed by atoms with Gasteiger partial charge in [0.25, 0.3) is 0 Å². The molecule has 0 radical (unpaired) electrons. The lowest BCUT2D eigenvalue weighted by atomic mass is 10.2. The Morgan fingerprint density at radius 2 is 1.81 bits per heavy atom. The highest BCUT2D eigenvalue weighted by Crippen LogP contribution is 2.31. The maximum atomic E-state index is 13.4. The smallest absolute Gasteiger partial charge is 0.184 e. The molecule has 5 heteroatoms. The average Bonchev–Trinajstić information content (AvgIpc) is 2.66. The Hall–Kier alpha value is -1.20. The van der Waals surface area contributed by atoms with E-state index in [1.807, 2.05) is 0 Å². The predicted molar refractivity (Wildman–Crippen MR) is 62.8 cm³/mol. The van der Waals surface area contributed by atoms with Gasteiger partial charge in [0.15, 0.2) is 9.84 Å². The van der Waals surface area contributed by atoms with Gasteiger partial charge in [-0.2, -0.15) is 0 Å². The van der Waals surface area contributed by atoms with E-state index in [1.54, 1.807) is 24.3 Å². The van der Waals surface area contributed by atoms with Crippen molar-refractivity contribution in [1.29, 1.82) is 0 Å². The van der Waals surface area contributed by atoms with Gasteiger partial charge in [0.1, 0.15) is 10.0 Å². The minimum absolute atomic E-state index is 0.255. The van der Waals surface area contributed by atoms with Crippen LogP contribution >= 0.6 is 11.3 Å². The highest BCUT2D eigenvalue weighted by atomic mass is 32.2. The monoisotopic (exact) mass is 256 g/mol. The molecule has 2 rings (SSSR count). The van der Waals surface area contributed by atoms with E-state index in [1.165, 1.54) is 12.1 Å². The van der Waals surface area contributed by atoms with Crippen molar-refractivity contribution in [3.8, 4) is 10.4 Å². The molecule has 0 aliphatic heterocycles. The lowest BCUT2D eigenvalue weighted by molar-refractivity contribution is 0.604. The van der Waals surface area contributed by atoms with Crippen LogP contribution in [0.25, 0.3) is 10.4 Å². The van der Waals surface area contributed by atoms with E-state index < -0.39 is 9.84 Å². The van der Waals surface area contributed by atoms with Crippen LogP contribution in [0.1, 0.15) is 0 Å². The second-order valence-electron chi connectivity index (χ2n) is 3.37. The molecule has 2 nitrogen and oxygen atoms in total. The minimum atomic E-state index is -3.21. The van der Waals surface area contributed by atoms with Crippen molar-refractivity contribution in [2.45, 2.75) is 4.21 Å². The standard InChI is InChI=1S/C11H9FO2S2/c1-16(13,14)11-7-6-10(15-11)8-4-2-3-5-9(8)12/h2-7H,1H3. The molecule has 1 aromatic carbocycles. The predicted octanol–water partition coefficient (Wildman–Crippen LogP) is 2.96. The number of sulfone groups is 1. The summed E-state index contributed by atoms with van der Waals surface area (Å²) < 4.78 is 36.3. The van der Waals surface area contributed by atoms with Crippen LogP contribution in [0, 0.1) is 5.82 Å². The molecule has 1 aromatic heterocycles. The zero-order valence-corrected chi connectivity index (χ0v) is 10.1. The molecule has 2 aromatic rings. The van der Waals surface area contributed by atoms with Crippen LogP contribution in [-0.2, 0) is 9.84 Å². The van der Waals surface area contributed by atoms with Crippen LogP contribution < -0.4 is 0 Å². The van der Waals surface area contributed by atoms with Crippen molar-refractivity contribution in [2.24, 2.45) is 0 Å². The van der Waals surface area contributed by atoms with Gasteiger partial charge in [-0.25, -0.2) is 12.8 Å². The third kappa shape index (κ3) is 2.15.